The van der Waals surface area contributed by atoms with Crippen LogP contribution in [-0.2, 0) is 14.8 Å². The van der Waals surface area contributed by atoms with Crippen LogP contribution in [0.2, 0.25) is 0 Å². The first-order valence-corrected chi connectivity index (χ1v) is 12.2. The summed E-state index contributed by atoms with van der Waals surface area (Å²) in [6.45, 7) is 0.0528. The summed E-state index contributed by atoms with van der Waals surface area (Å²) >= 11 is 6.28. The summed E-state index contributed by atoms with van der Waals surface area (Å²) in [5.74, 6) is -0.732. The van der Waals surface area contributed by atoms with E-state index < -0.39 is 40.5 Å². The Hall–Kier alpha value is -1.82. The minimum atomic E-state index is -4.74. The molecule has 1 saturated heterocycles. The van der Waals surface area contributed by atoms with Crippen LogP contribution in [0.25, 0.3) is 0 Å². The number of hydrogen-bond acceptors (Lipinski definition) is 6. The largest absolute Gasteiger partial charge is 0.407 e. The van der Waals surface area contributed by atoms with Crippen molar-refractivity contribution in [3.05, 3.63) is 12.3 Å². The van der Waals surface area contributed by atoms with Crippen molar-refractivity contribution < 1.29 is 26.4 Å². The molecule has 8 nitrogen and oxygen atoms in total. The molecule has 2 fully saturated rings. The Kier molecular flexibility index (Phi) is 6.90. The van der Waals surface area contributed by atoms with Crippen LogP contribution in [0.3, 0.4) is 0 Å². The highest BCUT2D eigenvalue weighted by atomic mass is 35.5. The summed E-state index contributed by atoms with van der Waals surface area (Å²) < 4.78 is 62.5. The van der Waals surface area contributed by atoms with Gasteiger partial charge in [-0.3, -0.25) is 4.79 Å². The standard InChI is InChI=1S/C18H25ClF3N5O3S/c1-10(13-8-11-7-12(19)3-4-14(11)25-16(13)28)24-17-23-6-5-15(26-17)27(31(2,29)30)9-18(20,21)22/h5-6,10-14H,3-4,7-9H2,1-2H3,(H,25,28)(H,23,24,26)/t10-,11?,12?,13?,14?/m0/s1. The molecule has 1 aliphatic heterocycles. The Morgan fingerprint density at radius 1 is 1.35 bits per heavy atom. The van der Waals surface area contributed by atoms with Gasteiger partial charge in [0.05, 0.1) is 12.2 Å². The Labute approximate surface area is 184 Å². The van der Waals surface area contributed by atoms with E-state index in [1.165, 1.54) is 6.20 Å². The number of fused-ring (bicyclic) bond motifs is 1. The zero-order valence-corrected chi connectivity index (χ0v) is 18.6. The number of carbonyl (C=O) groups excluding carboxylic acids is 1. The lowest BCUT2D eigenvalue weighted by Crippen LogP contribution is -2.55. The number of hydrogen-bond donors (Lipinski definition) is 2. The molecule has 13 heteroatoms. The molecule has 1 amide bonds. The smallest absolute Gasteiger partial charge is 0.353 e. The van der Waals surface area contributed by atoms with Crippen LogP contribution in [-0.4, -0.2) is 60.7 Å². The summed E-state index contributed by atoms with van der Waals surface area (Å²) in [4.78, 5) is 20.5. The molecule has 1 aromatic heterocycles. The maximum Gasteiger partial charge on any atom is 0.407 e. The van der Waals surface area contributed by atoms with Gasteiger partial charge in [0, 0.05) is 29.7 Å². The third kappa shape index (κ3) is 6.12. The Bertz CT molecular complexity index is 917. The average molecular weight is 484 g/mol. The molecule has 4 unspecified atom stereocenters. The molecule has 0 spiro atoms. The lowest BCUT2D eigenvalue weighted by Gasteiger charge is -2.42. The molecule has 2 N–H and O–H groups in total. The molecule has 1 aromatic rings. The second-order valence-electron chi connectivity index (χ2n) is 8.18. The predicted molar refractivity (Wildman–Crippen MR) is 110 cm³/mol. The number of amides is 1. The predicted octanol–water partition coefficient (Wildman–Crippen LogP) is 2.52. The fraction of sp³-hybridized carbons (Fsp3) is 0.722. The van der Waals surface area contributed by atoms with Crippen LogP contribution < -0.4 is 14.9 Å². The first-order chi connectivity index (χ1) is 14.3. The number of aromatic nitrogens is 2. The highest BCUT2D eigenvalue weighted by Gasteiger charge is 2.41. The van der Waals surface area contributed by atoms with Gasteiger partial charge in [0.25, 0.3) is 0 Å². The number of halogens is 4. The number of anilines is 2. The van der Waals surface area contributed by atoms with E-state index in [1.54, 1.807) is 6.92 Å². The van der Waals surface area contributed by atoms with Crippen molar-refractivity contribution in [2.24, 2.45) is 11.8 Å². The zero-order chi connectivity index (χ0) is 23.0. The van der Waals surface area contributed by atoms with Crippen LogP contribution in [0.15, 0.2) is 12.3 Å². The van der Waals surface area contributed by atoms with E-state index in [-0.39, 0.29) is 33.5 Å². The van der Waals surface area contributed by atoms with Gasteiger partial charge in [0.15, 0.2) is 0 Å². The highest BCUT2D eigenvalue weighted by Crippen LogP contribution is 2.37. The van der Waals surface area contributed by atoms with Crippen LogP contribution in [0.1, 0.15) is 32.6 Å². The van der Waals surface area contributed by atoms with Gasteiger partial charge in [-0.05, 0) is 38.5 Å². The maximum atomic E-state index is 12.9. The van der Waals surface area contributed by atoms with E-state index in [1.807, 2.05) is 0 Å². The number of sulfonamides is 1. The number of nitrogens with zero attached hydrogens (tertiary/aromatic N) is 3. The molecule has 174 valence electrons. The molecular formula is C18H25ClF3N5O3S. The number of alkyl halides is 4. The normalized spacial score (nSPS) is 27.7. The van der Waals surface area contributed by atoms with E-state index in [9.17, 15) is 26.4 Å². The zero-order valence-electron chi connectivity index (χ0n) is 17.1. The molecule has 3 rings (SSSR count). The second-order valence-corrected chi connectivity index (χ2v) is 10.7. The lowest BCUT2D eigenvalue weighted by atomic mass is 9.74. The number of rotatable bonds is 6. The third-order valence-corrected chi connectivity index (χ3v) is 7.23. The molecule has 2 heterocycles. The fourth-order valence-electron chi connectivity index (χ4n) is 4.20. The topological polar surface area (TPSA) is 104 Å². The summed E-state index contributed by atoms with van der Waals surface area (Å²) in [5, 5.41) is 6.06. The van der Waals surface area contributed by atoms with Crippen molar-refractivity contribution in [1.29, 1.82) is 0 Å². The van der Waals surface area contributed by atoms with Gasteiger partial charge >= 0.3 is 6.18 Å². The van der Waals surface area contributed by atoms with Gasteiger partial charge in [-0.25, -0.2) is 17.7 Å². The van der Waals surface area contributed by atoms with Crippen molar-refractivity contribution in [3.63, 3.8) is 0 Å². The van der Waals surface area contributed by atoms with Gasteiger partial charge in [-0.2, -0.15) is 18.2 Å². The van der Waals surface area contributed by atoms with E-state index in [0.717, 1.165) is 25.3 Å². The first kappa shape index (κ1) is 23.8. The van der Waals surface area contributed by atoms with Gasteiger partial charge in [-0.1, -0.05) is 0 Å². The van der Waals surface area contributed by atoms with Gasteiger partial charge < -0.3 is 10.6 Å². The molecule has 0 radical (unpaired) electrons. The Morgan fingerprint density at radius 3 is 2.71 bits per heavy atom. The Morgan fingerprint density at radius 2 is 2.06 bits per heavy atom. The second kappa shape index (κ2) is 8.97. The maximum absolute atomic E-state index is 12.9. The van der Waals surface area contributed by atoms with E-state index in [0.29, 0.717) is 12.7 Å². The van der Waals surface area contributed by atoms with Crippen molar-refractivity contribution >= 4 is 39.3 Å². The molecule has 31 heavy (non-hydrogen) atoms. The minimum absolute atomic E-state index is 0.0605. The molecule has 5 atom stereocenters. The molecule has 2 aliphatic rings. The van der Waals surface area contributed by atoms with E-state index in [2.05, 4.69) is 20.6 Å². The SMILES string of the molecule is C[C@H](Nc1nccc(N(CC(F)(F)F)S(C)(=O)=O)n1)C1CC2CC(Cl)CCC2NC1=O. The first-order valence-electron chi connectivity index (χ1n) is 9.92. The van der Waals surface area contributed by atoms with Crippen molar-refractivity contribution in [2.75, 3.05) is 22.4 Å². The number of nitrogens with one attached hydrogen (secondary N) is 2. The molecule has 1 aliphatic carbocycles. The lowest BCUT2D eigenvalue weighted by molar-refractivity contribution is -0.130. The van der Waals surface area contributed by atoms with Gasteiger partial charge in [0.2, 0.25) is 21.9 Å². The minimum Gasteiger partial charge on any atom is -0.353 e. The van der Waals surface area contributed by atoms with E-state index >= 15 is 0 Å². The summed E-state index contributed by atoms with van der Waals surface area (Å²) in [7, 11) is -4.23. The van der Waals surface area contributed by atoms with Gasteiger partial charge in [-0.15, -0.1) is 11.6 Å². The van der Waals surface area contributed by atoms with Crippen LogP contribution in [0.4, 0.5) is 24.9 Å². The van der Waals surface area contributed by atoms with Crippen molar-refractivity contribution in [2.45, 2.75) is 56.2 Å². The highest BCUT2D eigenvalue weighted by molar-refractivity contribution is 7.92. The van der Waals surface area contributed by atoms with Crippen LogP contribution >= 0.6 is 11.6 Å². The molecule has 0 aromatic carbocycles. The monoisotopic (exact) mass is 483 g/mol. The van der Waals surface area contributed by atoms with Crippen molar-refractivity contribution in [3.8, 4) is 0 Å². The third-order valence-electron chi connectivity index (χ3n) is 5.72. The van der Waals surface area contributed by atoms with E-state index in [4.69, 9.17) is 11.6 Å². The summed E-state index contributed by atoms with van der Waals surface area (Å²) in [5.41, 5.74) is 0. The quantitative estimate of drug-likeness (QED) is 0.602. The fourth-order valence-corrected chi connectivity index (χ4v) is 5.38. The molecular weight excluding hydrogens is 459 g/mol. The van der Waals surface area contributed by atoms with Crippen LogP contribution in [0, 0.1) is 11.8 Å². The summed E-state index contributed by atoms with van der Waals surface area (Å²) in [6.07, 6.45) is 0.225. The number of piperidine rings is 1. The van der Waals surface area contributed by atoms with Gasteiger partial charge in [0.1, 0.15) is 12.4 Å². The molecule has 1 saturated carbocycles. The molecule has 0 bridgehead atoms. The van der Waals surface area contributed by atoms with Crippen molar-refractivity contribution in [1.82, 2.24) is 15.3 Å². The number of carbonyl (C=O) groups is 1. The Balaban J connectivity index is 1.74. The average Bonchev–Trinajstić information content (AvgIpc) is 2.64. The van der Waals surface area contributed by atoms with Crippen LogP contribution in [0.5, 0.6) is 0 Å². The summed E-state index contributed by atoms with van der Waals surface area (Å²) in [6, 6.07) is 0.765.